The third kappa shape index (κ3) is 2.04. The summed E-state index contributed by atoms with van der Waals surface area (Å²) in [6.07, 6.45) is 1.79. The number of hydrogen-bond acceptors (Lipinski definition) is 3. The van der Waals surface area contributed by atoms with Crippen LogP contribution in [0.15, 0.2) is 54.7 Å². The highest BCUT2D eigenvalue weighted by atomic mass is 15.1. The lowest BCUT2D eigenvalue weighted by atomic mass is 10.0. The minimum absolute atomic E-state index is 0.719. The molecule has 0 saturated carbocycles. The molecule has 94 valence electrons. The van der Waals surface area contributed by atoms with Crippen LogP contribution < -0.4 is 11.5 Å². The van der Waals surface area contributed by atoms with Crippen LogP contribution in [-0.4, -0.2) is 10.2 Å². The van der Waals surface area contributed by atoms with Gasteiger partial charge in [-0.3, -0.25) is 5.10 Å². The smallest absolute Gasteiger partial charge is 0.0749 e. The second-order valence-corrected chi connectivity index (χ2v) is 4.37. The maximum absolute atomic E-state index is 6.02. The van der Waals surface area contributed by atoms with Crippen molar-refractivity contribution in [2.24, 2.45) is 0 Å². The zero-order valence-electron chi connectivity index (χ0n) is 10.3. The van der Waals surface area contributed by atoms with E-state index < -0.39 is 0 Å². The van der Waals surface area contributed by atoms with Crippen LogP contribution in [-0.2, 0) is 0 Å². The zero-order chi connectivity index (χ0) is 13.2. The van der Waals surface area contributed by atoms with Gasteiger partial charge in [0.2, 0.25) is 0 Å². The molecule has 0 atom stereocenters. The van der Waals surface area contributed by atoms with Gasteiger partial charge in [0.05, 0.1) is 11.9 Å². The van der Waals surface area contributed by atoms with Crippen LogP contribution in [0.3, 0.4) is 0 Å². The quantitative estimate of drug-likeness (QED) is 0.612. The lowest BCUT2D eigenvalue weighted by Gasteiger charge is -2.07. The maximum atomic E-state index is 6.02. The van der Waals surface area contributed by atoms with Crippen LogP contribution in [0.5, 0.6) is 0 Å². The molecule has 0 radical (unpaired) electrons. The molecule has 0 amide bonds. The molecular formula is C15H14N4. The predicted octanol–water partition coefficient (Wildman–Crippen LogP) is 2.91. The fourth-order valence-electron chi connectivity index (χ4n) is 2.14. The Hall–Kier alpha value is -2.75. The summed E-state index contributed by atoms with van der Waals surface area (Å²) in [7, 11) is 0. The molecule has 0 saturated heterocycles. The van der Waals surface area contributed by atoms with Crippen molar-refractivity contribution in [3.63, 3.8) is 0 Å². The zero-order valence-corrected chi connectivity index (χ0v) is 10.3. The molecule has 0 aliphatic carbocycles. The minimum atomic E-state index is 0.719. The Labute approximate surface area is 111 Å². The van der Waals surface area contributed by atoms with Crippen LogP contribution in [0.25, 0.3) is 22.4 Å². The molecule has 0 bridgehead atoms. The third-order valence-corrected chi connectivity index (χ3v) is 3.07. The Morgan fingerprint density at radius 2 is 1.74 bits per heavy atom. The highest BCUT2D eigenvalue weighted by Crippen LogP contribution is 2.33. The van der Waals surface area contributed by atoms with Gasteiger partial charge in [-0.1, -0.05) is 30.3 Å². The second-order valence-electron chi connectivity index (χ2n) is 4.37. The number of aromatic amines is 1. The van der Waals surface area contributed by atoms with E-state index in [4.69, 9.17) is 11.5 Å². The summed E-state index contributed by atoms with van der Waals surface area (Å²) in [4.78, 5) is 0. The third-order valence-electron chi connectivity index (χ3n) is 3.07. The van der Waals surface area contributed by atoms with Crippen molar-refractivity contribution in [1.82, 2.24) is 10.2 Å². The summed E-state index contributed by atoms with van der Waals surface area (Å²) in [6.45, 7) is 0. The van der Waals surface area contributed by atoms with Crippen molar-refractivity contribution >= 4 is 11.4 Å². The van der Waals surface area contributed by atoms with Gasteiger partial charge in [-0.2, -0.15) is 5.10 Å². The highest BCUT2D eigenvalue weighted by molar-refractivity contribution is 5.86. The van der Waals surface area contributed by atoms with Gasteiger partial charge in [0.15, 0.2) is 0 Å². The summed E-state index contributed by atoms with van der Waals surface area (Å²) in [5.74, 6) is 0. The number of nitrogens with one attached hydrogen (secondary N) is 1. The number of hydrogen-bond donors (Lipinski definition) is 3. The van der Waals surface area contributed by atoms with Crippen molar-refractivity contribution in [3.05, 3.63) is 54.7 Å². The lowest BCUT2D eigenvalue weighted by molar-refractivity contribution is 1.10. The van der Waals surface area contributed by atoms with E-state index in [1.54, 1.807) is 6.20 Å². The van der Waals surface area contributed by atoms with Gasteiger partial charge in [-0.25, -0.2) is 0 Å². The minimum Gasteiger partial charge on any atom is -0.399 e. The van der Waals surface area contributed by atoms with Gasteiger partial charge >= 0.3 is 0 Å². The largest absolute Gasteiger partial charge is 0.399 e. The van der Waals surface area contributed by atoms with Gasteiger partial charge in [0.25, 0.3) is 0 Å². The first kappa shape index (κ1) is 11.3. The molecule has 5 N–H and O–H groups in total. The van der Waals surface area contributed by atoms with Gasteiger partial charge < -0.3 is 11.5 Å². The van der Waals surface area contributed by atoms with Crippen molar-refractivity contribution in [3.8, 4) is 22.4 Å². The molecule has 0 aliphatic heterocycles. The Balaban J connectivity index is 2.16. The maximum Gasteiger partial charge on any atom is 0.0749 e. The summed E-state index contributed by atoms with van der Waals surface area (Å²) in [5.41, 5.74) is 17.2. The number of nitrogen functional groups attached to an aromatic ring is 2. The number of rotatable bonds is 2. The Kier molecular flexibility index (Phi) is 2.68. The highest BCUT2D eigenvalue weighted by Gasteiger charge is 2.11. The topological polar surface area (TPSA) is 80.7 Å². The number of nitrogens with two attached hydrogens (primary N) is 2. The van der Waals surface area contributed by atoms with Crippen LogP contribution >= 0.6 is 0 Å². The molecule has 1 heterocycles. The first-order chi connectivity index (χ1) is 9.25. The molecule has 2 aromatic carbocycles. The number of nitrogens with zero attached hydrogens (tertiary/aromatic N) is 1. The van der Waals surface area contributed by atoms with Crippen molar-refractivity contribution in [2.75, 3.05) is 11.5 Å². The van der Waals surface area contributed by atoms with Gasteiger partial charge in [0, 0.05) is 22.5 Å². The molecule has 1 aromatic heterocycles. The fraction of sp³-hybridized carbons (Fsp3) is 0. The number of aromatic nitrogens is 2. The summed E-state index contributed by atoms with van der Waals surface area (Å²) in [6, 6.07) is 15.4. The lowest BCUT2D eigenvalue weighted by Crippen LogP contribution is -1.91. The summed E-state index contributed by atoms with van der Waals surface area (Å²) >= 11 is 0. The van der Waals surface area contributed by atoms with Gasteiger partial charge in [-0.15, -0.1) is 0 Å². The van der Waals surface area contributed by atoms with E-state index >= 15 is 0 Å². The monoisotopic (exact) mass is 250 g/mol. The number of para-hydroxylation sites is 1. The molecule has 0 unspecified atom stereocenters. The Bertz CT molecular complexity index is 715. The molecule has 0 spiro atoms. The number of H-pyrrole nitrogens is 1. The summed E-state index contributed by atoms with van der Waals surface area (Å²) < 4.78 is 0. The van der Waals surface area contributed by atoms with E-state index in [0.29, 0.717) is 0 Å². The second kappa shape index (κ2) is 4.49. The van der Waals surface area contributed by atoms with E-state index in [1.165, 1.54) is 0 Å². The number of anilines is 2. The molecule has 4 heteroatoms. The average Bonchev–Trinajstić information content (AvgIpc) is 2.88. The first-order valence-corrected chi connectivity index (χ1v) is 6.00. The molecule has 3 aromatic rings. The molecule has 0 fully saturated rings. The van der Waals surface area contributed by atoms with Crippen molar-refractivity contribution < 1.29 is 0 Å². The standard InChI is InChI=1S/C15H14N4/c16-11-5-3-4-10(8-11)13-9-18-19-15(13)12-6-1-2-7-14(12)17/h1-9H,16-17H2,(H,18,19). The van der Waals surface area contributed by atoms with Crippen molar-refractivity contribution in [2.45, 2.75) is 0 Å². The molecule has 3 rings (SSSR count). The van der Waals surface area contributed by atoms with Crippen LogP contribution in [0, 0.1) is 0 Å². The van der Waals surface area contributed by atoms with E-state index in [-0.39, 0.29) is 0 Å². The number of benzene rings is 2. The SMILES string of the molecule is Nc1cccc(-c2cn[nH]c2-c2ccccc2N)c1. The first-order valence-electron chi connectivity index (χ1n) is 6.00. The molecular weight excluding hydrogens is 236 g/mol. The fourth-order valence-corrected chi connectivity index (χ4v) is 2.14. The van der Waals surface area contributed by atoms with Crippen LogP contribution in [0.1, 0.15) is 0 Å². The Morgan fingerprint density at radius 1 is 0.895 bits per heavy atom. The van der Waals surface area contributed by atoms with E-state index in [1.807, 2.05) is 48.5 Å². The van der Waals surface area contributed by atoms with E-state index in [2.05, 4.69) is 10.2 Å². The van der Waals surface area contributed by atoms with E-state index in [0.717, 1.165) is 33.8 Å². The molecule has 19 heavy (non-hydrogen) atoms. The Morgan fingerprint density at radius 3 is 2.53 bits per heavy atom. The molecule has 4 nitrogen and oxygen atoms in total. The van der Waals surface area contributed by atoms with Gasteiger partial charge in [-0.05, 0) is 23.8 Å². The predicted molar refractivity (Wildman–Crippen MR) is 78.3 cm³/mol. The van der Waals surface area contributed by atoms with Crippen molar-refractivity contribution in [1.29, 1.82) is 0 Å². The summed E-state index contributed by atoms with van der Waals surface area (Å²) in [5, 5.41) is 7.13. The van der Waals surface area contributed by atoms with Crippen LogP contribution in [0.4, 0.5) is 11.4 Å². The normalized spacial score (nSPS) is 10.5. The van der Waals surface area contributed by atoms with Crippen LogP contribution in [0.2, 0.25) is 0 Å². The average molecular weight is 250 g/mol. The van der Waals surface area contributed by atoms with E-state index in [9.17, 15) is 0 Å². The molecule has 0 aliphatic rings. The van der Waals surface area contributed by atoms with Gasteiger partial charge in [0.1, 0.15) is 0 Å².